The van der Waals surface area contributed by atoms with E-state index in [9.17, 15) is 13.2 Å². The number of nitrogens with one attached hydrogen (secondary N) is 2. The van der Waals surface area contributed by atoms with Gasteiger partial charge in [-0.25, -0.2) is 8.42 Å². The number of carbonyl (C=O) groups excluding carboxylic acids is 1. The third kappa shape index (κ3) is 4.86. The number of aryl methyl sites for hydroxylation is 3. The van der Waals surface area contributed by atoms with Gasteiger partial charge in [-0.2, -0.15) is 0 Å². The Morgan fingerprint density at radius 1 is 0.906 bits per heavy atom. The van der Waals surface area contributed by atoms with Crippen LogP contribution in [0.3, 0.4) is 0 Å². The van der Waals surface area contributed by atoms with E-state index in [1.165, 1.54) is 36.1 Å². The van der Waals surface area contributed by atoms with Crippen molar-refractivity contribution in [3.05, 3.63) is 94.5 Å². The Balaban J connectivity index is 1.51. The first-order valence-corrected chi connectivity index (χ1v) is 12.4. The van der Waals surface area contributed by atoms with Crippen LogP contribution in [-0.2, 0) is 22.9 Å². The molecule has 1 aliphatic rings. The van der Waals surface area contributed by atoms with E-state index in [1.54, 1.807) is 43.3 Å². The topological polar surface area (TPSA) is 75.3 Å². The lowest BCUT2D eigenvalue weighted by atomic mass is 9.89. The third-order valence-electron chi connectivity index (χ3n) is 6.02. The van der Waals surface area contributed by atoms with Crippen LogP contribution in [0.5, 0.6) is 0 Å². The number of sulfonamides is 1. The zero-order valence-corrected chi connectivity index (χ0v) is 19.2. The van der Waals surface area contributed by atoms with Gasteiger partial charge in [0.1, 0.15) is 0 Å². The molecule has 0 saturated carbocycles. The molecule has 0 radical (unpaired) electrons. The zero-order valence-electron chi connectivity index (χ0n) is 18.4. The van der Waals surface area contributed by atoms with Crippen molar-refractivity contribution in [1.29, 1.82) is 0 Å². The number of rotatable bonds is 6. The number of benzene rings is 3. The molecule has 1 aliphatic carbocycles. The lowest BCUT2D eigenvalue weighted by Gasteiger charge is -2.20. The number of amides is 1. The number of carbonyl (C=O) groups is 1. The maximum Gasteiger partial charge on any atom is 0.261 e. The molecule has 3 aromatic rings. The van der Waals surface area contributed by atoms with Gasteiger partial charge in [0.05, 0.1) is 16.6 Å². The van der Waals surface area contributed by atoms with Crippen LogP contribution in [0.15, 0.2) is 71.6 Å². The van der Waals surface area contributed by atoms with Crippen molar-refractivity contribution in [3.8, 4) is 0 Å². The molecule has 0 fully saturated rings. The van der Waals surface area contributed by atoms with Crippen molar-refractivity contribution >= 4 is 21.6 Å². The molecule has 6 heteroatoms. The van der Waals surface area contributed by atoms with Gasteiger partial charge in [-0.3, -0.25) is 9.52 Å². The van der Waals surface area contributed by atoms with E-state index in [4.69, 9.17) is 0 Å². The molecule has 5 nitrogen and oxygen atoms in total. The van der Waals surface area contributed by atoms with Crippen LogP contribution >= 0.6 is 0 Å². The van der Waals surface area contributed by atoms with E-state index in [2.05, 4.69) is 28.2 Å². The second kappa shape index (κ2) is 9.17. The molecular weight excluding hydrogens is 420 g/mol. The fourth-order valence-corrected chi connectivity index (χ4v) is 5.21. The summed E-state index contributed by atoms with van der Waals surface area (Å²) in [5, 5.41) is 3.04. The van der Waals surface area contributed by atoms with Gasteiger partial charge in [0.15, 0.2) is 0 Å². The molecule has 3 aromatic carbocycles. The number of anilines is 1. The first-order valence-electron chi connectivity index (χ1n) is 10.9. The summed E-state index contributed by atoms with van der Waals surface area (Å²) in [6, 6.07) is 19.5. The van der Waals surface area contributed by atoms with Gasteiger partial charge in [0.2, 0.25) is 0 Å². The van der Waals surface area contributed by atoms with Gasteiger partial charge in [0.25, 0.3) is 15.9 Å². The molecule has 0 aromatic heterocycles. The molecule has 0 saturated heterocycles. The van der Waals surface area contributed by atoms with Crippen LogP contribution in [0.2, 0.25) is 0 Å². The summed E-state index contributed by atoms with van der Waals surface area (Å²) >= 11 is 0. The predicted molar refractivity (Wildman–Crippen MR) is 127 cm³/mol. The van der Waals surface area contributed by atoms with Gasteiger partial charge in [-0.05, 0) is 86.1 Å². The maximum atomic E-state index is 12.9. The monoisotopic (exact) mass is 448 g/mol. The molecular formula is C26H28N2O3S. The van der Waals surface area contributed by atoms with Crippen LogP contribution in [0.4, 0.5) is 5.69 Å². The normalized spacial score (nSPS) is 14.3. The summed E-state index contributed by atoms with van der Waals surface area (Å²) in [5.41, 5.74) is 5.41. The van der Waals surface area contributed by atoms with Gasteiger partial charge in [-0.15, -0.1) is 0 Å². The molecule has 0 aliphatic heterocycles. The highest BCUT2D eigenvalue weighted by molar-refractivity contribution is 7.92. The Hall–Kier alpha value is -3.12. The predicted octanol–water partition coefficient (Wildman–Crippen LogP) is 5.17. The van der Waals surface area contributed by atoms with Gasteiger partial charge < -0.3 is 5.32 Å². The second-order valence-electron chi connectivity index (χ2n) is 8.38. The molecule has 0 unspecified atom stereocenters. The van der Waals surface area contributed by atoms with Gasteiger partial charge in [-0.1, -0.05) is 42.5 Å². The van der Waals surface area contributed by atoms with Crippen molar-refractivity contribution < 1.29 is 13.2 Å². The third-order valence-corrected chi connectivity index (χ3v) is 7.40. The Kier molecular flexibility index (Phi) is 6.33. The largest absolute Gasteiger partial charge is 0.346 e. The van der Waals surface area contributed by atoms with Crippen molar-refractivity contribution in [3.63, 3.8) is 0 Å². The standard InChI is InChI=1S/C26H28N2O3S/c1-18-12-13-23(17-25(18)28-32(30,31)24-10-4-3-5-11-24)26(29)27-19(2)21-15-14-20-8-6-7-9-22(20)16-21/h3-5,10-17,19,28H,6-9H2,1-2H3,(H,27,29)/t19-/m0/s1. The molecule has 0 heterocycles. The second-order valence-corrected chi connectivity index (χ2v) is 10.1. The minimum Gasteiger partial charge on any atom is -0.346 e. The number of fused-ring (bicyclic) bond motifs is 1. The first-order chi connectivity index (χ1) is 15.3. The lowest BCUT2D eigenvalue weighted by Crippen LogP contribution is -2.27. The highest BCUT2D eigenvalue weighted by Crippen LogP contribution is 2.26. The first kappa shape index (κ1) is 22.1. The lowest BCUT2D eigenvalue weighted by molar-refractivity contribution is 0.0940. The molecule has 0 spiro atoms. The fraction of sp³-hybridized carbons (Fsp3) is 0.269. The zero-order chi connectivity index (χ0) is 22.7. The summed E-state index contributed by atoms with van der Waals surface area (Å²) < 4.78 is 28.0. The van der Waals surface area contributed by atoms with Crippen molar-refractivity contribution in [2.75, 3.05) is 4.72 Å². The van der Waals surface area contributed by atoms with E-state index in [1.807, 2.05) is 6.92 Å². The van der Waals surface area contributed by atoms with Crippen molar-refractivity contribution in [2.24, 2.45) is 0 Å². The summed E-state index contributed by atoms with van der Waals surface area (Å²) in [6.07, 6.45) is 4.67. The quantitative estimate of drug-likeness (QED) is 0.547. The molecule has 0 bridgehead atoms. The highest BCUT2D eigenvalue weighted by atomic mass is 32.2. The Morgan fingerprint density at radius 2 is 1.62 bits per heavy atom. The summed E-state index contributed by atoms with van der Waals surface area (Å²) in [6.45, 7) is 3.77. The van der Waals surface area contributed by atoms with Crippen LogP contribution in [0.1, 0.15) is 58.4 Å². The van der Waals surface area contributed by atoms with Gasteiger partial charge in [0, 0.05) is 5.56 Å². The van der Waals surface area contributed by atoms with Crippen molar-refractivity contribution in [2.45, 2.75) is 50.5 Å². The van der Waals surface area contributed by atoms with Crippen LogP contribution in [0.25, 0.3) is 0 Å². The minimum atomic E-state index is -3.73. The van der Waals surface area contributed by atoms with E-state index < -0.39 is 10.0 Å². The average Bonchev–Trinajstić information content (AvgIpc) is 2.80. The molecule has 1 amide bonds. The van der Waals surface area contributed by atoms with E-state index in [0.717, 1.165) is 24.0 Å². The molecule has 1 atom stereocenters. The van der Waals surface area contributed by atoms with E-state index >= 15 is 0 Å². The minimum absolute atomic E-state index is 0.152. The smallest absolute Gasteiger partial charge is 0.261 e. The molecule has 166 valence electrons. The van der Waals surface area contributed by atoms with Gasteiger partial charge >= 0.3 is 0 Å². The highest BCUT2D eigenvalue weighted by Gasteiger charge is 2.18. The maximum absolute atomic E-state index is 12.9. The number of hydrogen-bond acceptors (Lipinski definition) is 3. The van der Waals surface area contributed by atoms with Crippen molar-refractivity contribution in [1.82, 2.24) is 5.32 Å². The summed E-state index contributed by atoms with van der Waals surface area (Å²) in [5.74, 6) is -0.240. The van der Waals surface area contributed by atoms with E-state index in [-0.39, 0.29) is 16.8 Å². The Morgan fingerprint density at radius 3 is 2.38 bits per heavy atom. The Labute approximate surface area is 189 Å². The SMILES string of the molecule is Cc1ccc(C(=O)N[C@@H](C)c2ccc3c(c2)CCCC3)cc1NS(=O)(=O)c1ccccc1. The van der Waals surface area contributed by atoms with E-state index in [0.29, 0.717) is 11.3 Å². The molecule has 4 rings (SSSR count). The summed E-state index contributed by atoms with van der Waals surface area (Å²) in [7, 11) is -3.73. The fourth-order valence-electron chi connectivity index (χ4n) is 4.06. The van der Waals surface area contributed by atoms with Crippen LogP contribution in [0, 0.1) is 6.92 Å². The molecule has 2 N–H and O–H groups in total. The Bertz CT molecular complexity index is 1240. The molecule has 32 heavy (non-hydrogen) atoms. The van der Waals surface area contributed by atoms with Crippen LogP contribution < -0.4 is 10.0 Å². The summed E-state index contributed by atoms with van der Waals surface area (Å²) in [4.78, 5) is 13.1. The average molecular weight is 449 g/mol. The van der Waals surface area contributed by atoms with Crippen LogP contribution in [-0.4, -0.2) is 14.3 Å². The number of hydrogen-bond donors (Lipinski definition) is 2.